The Kier molecular flexibility index (Phi) is 4.14. The lowest BCUT2D eigenvalue weighted by Gasteiger charge is -2.07. The quantitative estimate of drug-likeness (QED) is 0.866. The van der Waals surface area contributed by atoms with Crippen molar-refractivity contribution in [3.05, 3.63) is 46.6 Å². The van der Waals surface area contributed by atoms with E-state index in [-0.39, 0.29) is 5.25 Å². The summed E-state index contributed by atoms with van der Waals surface area (Å²) >= 11 is 5.89. The number of hydrogen-bond acceptors (Lipinski definition) is 4. The number of hydrogen-bond donors (Lipinski definition) is 0. The molecule has 1 aromatic carbocycles. The maximum Gasteiger partial charge on any atom is 0.242 e. The molecule has 4 nitrogen and oxygen atoms in total. The topological polar surface area (TPSA) is 56.0 Å². The maximum atomic E-state index is 12.2. The molecule has 2 rings (SSSR count). The Labute approximate surface area is 113 Å². The third-order valence-corrected chi connectivity index (χ3v) is 4.33. The summed E-state index contributed by atoms with van der Waals surface area (Å²) in [5.41, 5.74) is 0.934. The highest BCUT2D eigenvalue weighted by Gasteiger charge is 2.19. The number of aromatic nitrogens is 2. The van der Waals surface area contributed by atoms with E-state index in [9.17, 15) is 4.21 Å². The van der Waals surface area contributed by atoms with Crippen molar-refractivity contribution >= 4 is 22.4 Å². The highest BCUT2D eigenvalue weighted by Crippen LogP contribution is 2.21. The molecule has 0 saturated carbocycles. The molecule has 18 heavy (non-hydrogen) atoms. The highest BCUT2D eigenvalue weighted by molar-refractivity contribution is 7.84. The van der Waals surface area contributed by atoms with Gasteiger partial charge in [-0.25, -0.2) is 0 Å². The molecule has 0 saturated heterocycles. The Morgan fingerprint density at radius 1 is 1.50 bits per heavy atom. The second kappa shape index (κ2) is 5.63. The maximum absolute atomic E-state index is 12.2. The smallest absolute Gasteiger partial charge is 0.242 e. The predicted molar refractivity (Wildman–Crippen MR) is 70.7 cm³/mol. The van der Waals surface area contributed by atoms with Crippen molar-refractivity contribution in [2.75, 3.05) is 0 Å². The molecule has 0 radical (unpaired) electrons. The largest absolute Gasteiger partial charge is 0.338 e. The van der Waals surface area contributed by atoms with Crippen LogP contribution in [0.1, 0.15) is 29.5 Å². The van der Waals surface area contributed by atoms with Crippen LogP contribution in [0.25, 0.3) is 0 Å². The Morgan fingerprint density at radius 2 is 2.28 bits per heavy atom. The minimum atomic E-state index is -1.12. The summed E-state index contributed by atoms with van der Waals surface area (Å²) in [6, 6.07) is 7.34. The fourth-order valence-corrected chi connectivity index (χ4v) is 2.80. The molecule has 96 valence electrons. The van der Waals surface area contributed by atoms with E-state index < -0.39 is 10.8 Å². The molecule has 0 unspecified atom stereocenters. The molecule has 2 aromatic rings. The highest BCUT2D eigenvalue weighted by atomic mass is 35.5. The lowest BCUT2D eigenvalue weighted by atomic mass is 10.2. The molecular formula is C12H13ClN2O2S. The van der Waals surface area contributed by atoms with Crippen molar-refractivity contribution in [2.45, 2.75) is 24.9 Å². The summed E-state index contributed by atoms with van der Waals surface area (Å²) in [4.78, 5) is 4.09. The fraction of sp³-hybridized carbons (Fsp3) is 0.333. The van der Waals surface area contributed by atoms with Gasteiger partial charge in [0.25, 0.3) is 0 Å². The predicted octanol–water partition coefficient (Wildman–Crippen LogP) is 3.04. The Morgan fingerprint density at radius 3 is 2.89 bits per heavy atom. The van der Waals surface area contributed by atoms with Crippen LogP contribution in [-0.2, 0) is 16.6 Å². The van der Waals surface area contributed by atoms with Crippen LogP contribution >= 0.6 is 11.6 Å². The first kappa shape index (κ1) is 13.2. The Bertz CT molecular complexity index is 571. The molecule has 0 bridgehead atoms. The van der Waals surface area contributed by atoms with Crippen LogP contribution in [-0.4, -0.2) is 14.3 Å². The summed E-state index contributed by atoms with van der Waals surface area (Å²) < 4.78 is 17.2. The van der Waals surface area contributed by atoms with E-state index in [4.69, 9.17) is 16.1 Å². The van der Waals surface area contributed by atoms with E-state index in [0.717, 1.165) is 5.56 Å². The van der Waals surface area contributed by atoms with E-state index >= 15 is 0 Å². The molecule has 0 N–H and O–H groups in total. The molecule has 0 fully saturated rings. The average Bonchev–Trinajstić information content (AvgIpc) is 2.75. The average molecular weight is 285 g/mol. The summed E-state index contributed by atoms with van der Waals surface area (Å²) in [6.07, 6.45) is 0. The van der Waals surface area contributed by atoms with Crippen LogP contribution in [0.15, 0.2) is 28.8 Å². The van der Waals surface area contributed by atoms with Crippen LogP contribution in [0.5, 0.6) is 0 Å². The zero-order valence-electron chi connectivity index (χ0n) is 10.1. The Hall–Kier alpha value is -1.20. The van der Waals surface area contributed by atoms with E-state index in [1.165, 1.54) is 0 Å². The first-order chi connectivity index (χ1) is 8.56. The van der Waals surface area contributed by atoms with E-state index in [0.29, 0.717) is 22.5 Å². The number of benzene rings is 1. The normalized spacial score (nSPS) is 14.4. The fourth-order valence-electron chi connectivity index (χ4n) is 1.51. The number of nitrogens with zero attached hydrogens (tertiary/aromatic N) is 2. The van der Waals surface area contributed by atoms with E-state index in [1.54, 1.807) is 13.0 Å². The monoisotopic (exact) mass is 284 g/mol. The van der Waals surface area contributed by atoms with Gasteiger partial charge in [0.1, 0.15) is 5.25 Å². The molecule has 0 spiro atoms. The minimum Gasteiger partial charge on any atom is -0.338 e. The molecule has 1 heterocycles. The van der Waals surface area contributed by atoms with Crippen LogP contribution in [0.4, 0.5) is 0 Å². The van der Waals surface area contributed by atoms with Crippen molar-refractivity contribution in [2.24, 2.45) is 0 Å². The van der Waals surface area contributed by atoms with Crippen molar-refractivity contribution in [3.8, 4) is 0 Å². The van der Waals surface area contributed by atoms with Gasteiger partial charge in [-0.2, -0.15) is 4.98 Å². The standard InChI is InChI=1S/C12H13ClN2O2S/c1-8(12-14-9(2)15-17-12)18(16)7-10-4-3-5-11(13)6-10/h3-6,8H,7H2,1-2H3/t8-,18+/m0/s1. The summed E-state index contributed by atoms with van der Waals surface area (Å²) in [5.74, 6) is 1.38. The van der Waals surface area contributed by atoms with Crippen molar-refractivity contribution in [1.29, 1.82) is 0 Å². The van der Waals surface area contributed by atoms with Crippen LogP contribution in [0.2, 0.25) is 5.02 Å². The van der Waals surface area contributed by atoms with Gasteiger partial charge in [0.15, 0.2) is 5.82 Å². The molecule has 6 heteroatoms. The zero-order chi connectivity index (χ0) is 13.1. The van der Waals surface area contributed by atoms with E-state index in [2.05, 4.69) is 10.1 Å². The van der Waals surface area contributed by atoms with Crippen LogP contribution in [0.3, 0.4) is 0 Å². The second-order valence-corrected chi connectivity index (χ2v) is 6.17. The number of rotatable bonds is 4. The van der Waals surface area contributed by atoms with Gasteiger partial charge in [0.05, 0.1) is 0 Å². The van der Waals surface area contributed by atoms with Gasteiger partial charge in [-0.05, 0) is 31.5 Å². The third kappa shape index (κ3) is 3.17. The van der Waals surface area contributed by atoms with Crippen molar-refractivity contribution in [1.82, 2.24) is 10.1 Å². The number of halogens is 1. The molecule has 2 atom stereocenters. The third-order valence-electron chi connectivity index (χ3n) is 2.48. The van der Waals surface area contributed by atoms with Crippen LogP contribution < -0.4 is 0 Å². The second-order valence-electron chi connectivity index (χ2n) is 3.98. The first-order valence-electron chi connectivity index (χ1n) is 5.48. The van der Waals surface area contributed by atoms with Crippen LogP contribution in [0, 0.1) is 6.92 Å². The molecule has 0 aliphatic rings. The van der Waals surface area contributed by atoms with Gasteiger partial charge >= 0.3 is 0 Å². The Balaban J connectivity index is 2.08. The summed E-state index contributed by atoms with van der Waals surface area (Å²) in [5, 5.41) is 4.06. The van der Waals surface area contributed by atoms with Gasteiger partial charge in [-0.15, -0.1) is 0 Å². The van der Waals surface area contributed by atoms with Gasteiger partial charge in [-0.1, -0.05) is 28.9 Å². The van der Waals surface area contributed by atoms with Crippen molar-refractivity contribution < 1.29 is 8.73 Å². The molecule has 0 aliphatic heterocycles. The van der Waals surface area contributed by atoms with Gasteiger partial charge in [-0.3, -0.25) is 4.21 Å². The zero-order valence-corrected chi connectivity index (χ0v) is 11.7. The molecule has 1 aromatic heterocycles. The number of aryl methyl sites for hydroxylation is 1. The minimum absolute atomic E-state index is 0.287. The molecule has 0 amide bonds. The summed E-state index contributed by atoms with van der Waals surface area (Å²) in [7, 11) is -1.12. The van der Waals surface area contributed by atoms with E-state index in [1.807, 2.05) is 25.1 Å². The van der Waals surface area contributed by atoms with Gasteiger partial charge in [0, 0.05) is 21.6 Å². The van der Waals surface area contributed by atoms with Crippen molar-refractivity contribution in [3.63, 3.8) is 0 Å². The lowest BCUT2D eigenvalue weighted by molar-refractivity contribution is 0.375. The molecule has 0 aliphatic carbocycles. The SMILES string of the molecule is Cc1noc([C@H](C)[S@](=O)Cc2cccc(Cl)c2)n1. The van der Waals surface area contributed by atoms with Gasteiger partial charge in [0.2, 0.25) is 5.89 Å². The molecular weight excluding hydrogens is 272 g/mol. The lowest BCUT2D eigenvalue weighted by Crippen LogP contribution is -2.05. The first-order valence-corrected chi connectivity index (χ1v) is 7.24. The van der Waals surface area contributed by atoms with Gasteiger partial charge < -0.3 is 4.52 Å². The summed E-state index contributed by atoms with van der Waals surface area (Å²) in [6.45, 7) is 3.55.